The van der Waals surface area contributed by atoms with E-state index < -0.39 is 0 Å². The first-order valence-electron chi connectivity index (χ1n) is 8.98. The van der Waals surface area contributed by atoms with Gasteiger partial charge in [0.25, 0.3) is 5.91 Å². The zero-order valence-electron chi connectivity index (χ0n) is 15.1. The molecule has 1 aliphatic heterocycles. The third-order valence-corrected chi connectivity index (χ3v) is 5.72. The zero-order valence-corrected chi connectivity index (χ0v) is 15.9. The highest BCUT2D eigenvalue weighted by Crippen LogP contribution is 2.40. The summed E-state index contributed by atoms with van der Waals surface area (Å²) in [6.45, 7) is 2.60. The molecule has 4 nitrogen and oxygen atoms in total. The summed E-state index contributed by atoms with van der Waals surface area (Å²) in [6.07, 6.45) is 0. The maximum atomic E-state index is 12.6. The Morgan fingerprint density at radius 1 is 1.04 bits per heavy atom. The Morgan fingerprint density at radius 2 is 1.85 bits per heavy atom. The van der Waals surface area contributed by atoms with Crippen LogP contribution in [0.5, 0.6) is 0 Å². The number of thioether (sulfide) groups is 1. The maximum absolute atomic E-state index is 12.6. The highest BCUT2D eigenvalue weighted by atomic mass is 32.2. The Balaban J connectivity index is 1.51. The highest BCUT2D eigenvalue weighted by Gasteiger charge is 2.29. The largest absolute Gasteiger partial charge is 0.325 e. The Morgan fingerprint density at radius 3 is 2.63 bits per heavy atom. The van der Waals surface area contributed by atoms with Crippen molar-refractivity contribution in [2.45, 2.75) is 12.7 Å². The van der Waals surface area contributed by atoms with Crippen LogP contribution in [0.4, 0.5) is 11.4 Å². The Bertz CT molecular complexity index is 1020. The smallest absolute Gasteiger partial charge is 0.258 e. The summed E-state index contributed by atoms with van der Waals surface area (Å²) < 4.78 is 0. The van der Waals surface area contributed by atoms with Gasteiger partial charge in [0.2, 0.25) is 5.91 Å². The molecule has 0 fully saturated rings. The Labute approximate surface area is 162 Å². The van der Waals surface area contributed by atoms with Crippen molar-refractivity contribution in [3.63, 3.8) is 0 Å². The van der Waals surface area contributed by atoms with Crippen molar-refractivity contribution in [3.8, 4) is 0 Å². The van der Waals surface area contributed by atoms with Gasteiger partial charge in [0.05, 0.1) is 11.4 Å². The quantitative estimate of drug-likeness (QED) is 0.679. The summed E-state index contributed by atoms with van der Waals surface area (Å²) in [5, 5.41) is 4.85. The van der Waals surface area contributed by atoms with Crippen molar-refractivity contribution in [3.05, 3.63) is 71.8 Å². The van der Waals surface area contributed by atoms with Crippen molar-refractivity contribution in [2.75, 3.05) is 22.5 Å². The lowest BCUT2D eigenvalue weighted by Gasteiger charge is -2.15. The number of carbonyl (C=O) groups excluding carboxylic acids is 2. The van der Waals surface area contributed by atoms with Gasteiger partial charge >= 0.3 is 0 Å². The van der Waals surface area contributed by atoms with Gasteiger partial charge in [-0.2, -0.15) is 0 Å². The van der Waals surface area contributed by atoms with Crippen molar-refractivity contribution in [1.82, 2.24) is 0 Å². The third kappa shape index (κ3) is 3.30. The van der Waals surface area contributed by atoms with Crippen LogP contribution in [0, 0.1) is 0 Å². The molecule has 0 unspecified atom stereocenters. The SMILES string of the molecule is CCN1C(=O)c2cccc3c(NC(=O)CSCc4ccccc4)ccc1c23. The van der Waals surface area contributed by atoms with Crippen molar-refractivity contribution >= 4 is 45.7 Å². The average Bonchev–Trinajstić information content (AvgIpc) is 2.97. The first-order chi connectivity index (χ1) is 13.2. The van der Waals surface area contributed by atoms with Gasteiger partial charge in [0.1, 0.15) is 0 Å². The number of hydrogen-bond acceptors (Lipinski definition) is 3. The number of hydrogen-bond donors (Lipinski definition) is 1. The van der Waals surface area contributed by atoms with E-state index in [1.807, 2.05) is 55.5 Å². The van der Waals surface area contributed by atoms with Crippen LogP contribution >= 0.6 is 11.8 Å². The van der Waals surface area contributed by atoms with Crippen LogP contribution in [0.1, 0.15) is 22.8 Å². The Kier molecular flexibility index (Phi) is 4.86. The molecule has 0 saturated carbocycles. The van der Waals surface area contributed by atoms with E-state index >= 15 is 0 Å². The first kappa shape index (κ1) is 17.6. The molecule has 0 spiro atoms. The van der Waals surface area contributed by atoms with Gasteiger partial charge in [-0.25, -0.2) is 0 Å². The minimum absolute atomic E-state index is 0.0278. The van der Waals surface area contributed by atoms with Gasteiger partial charge in [-0.05, 0) is 30.7 Å². The van der Waals surface area contributed by atoms with E-state index in [0.29, 0.717) is 17.9 Å². The molecule has 0 radical (unpaired) electrons. The van der Waals surface area contributed by atoms with E-state index in [1.54, 1.807) is 16.7 Å². The fourth-order valence-electron chi connectivity index (χ4n) is 3.49. The number of nitrogens with zero attached hydrogens (tertiary/aromatic N) is 1. The summed E-state index contributed by atoms with van der Waals surface area (Å²) in [7, 11) is 0. The molecule has 2 amide bonds. The van der Waals surface area contributed by atoms with Gasteiger partial charge in [0, 0.05) is 34.3 Å². The number of rotatable bonds is 6. The number of benzene rings is 3. The van der Waals surface area contributed by atoms with E-state index in [1.165, 1.54) is 5.56 Å². The van der Waals surface area contributed by atoms with Gasteiger partial charge < -0.3 is 10.2 Å². The lowest BCUT2D eigenvalue weighted by atomic mass is 10.0. The van der Waals surface area contributed by atoms with E-state index in [4.69, 9.17) is 0 Å². The summed E-state index contributed by atoms with van der Waals surface area (Å²) in [5.74, 6) is 1.18. The zero-order chi connectivity index (χ0) is 18.8. The molecular weight excluding hydrogens is 356 g/mol. The van der Waals surface area contributed by atoms with Crippen LogP contribution in [0.2, 0.25) is 0 Å². The molecule has 3 aromatic carbocycles. The summed E-state index contributed by atoms with van der Waals surface area (Å²) >= 11 is 1.59. The molecule has 4 rings (SSSR count). The molecule has 0 bridgehead atoms. The fourth-order valence-corrected chi connectivity index (χ4v) is 4.28. The van der Waals surface area contributed by atoms with Crippen LogP contribution in [-0.4, -0.2) is 24.1 Å². The minimum Gasteiger partial charge on any atom is -0.325 e. The normalized spacial score (nSPS) is 12.6. The van der Waals surface area contributed by atoms with E-state index in [9.17, 15) is 9.59 Å². The number of nitrogens with one attached hydrogen (secondary N) is 1. The summed E-state index contributed by atoms with van der Waals surface area (Å²) in [6, 6.07) is 19.6. The molecule has 1 aliphatic rings. The first-order valence-corrected chi connectivity index (χ1v) is 10.1. The fraction of sp³-hybridized carbons (Fsp3) is 0.182. The second kappa shape index (κ2) is 7.45. The molecule has 0 aliphatic carbocycles. The minimum atomic E-state index is -0.0340. The van der Waals surface area contributed by atoms with Crippen molar-refractivity contribution in [1.29, 1.82) is 0 Å². The molecule has 0 aromatic heterocycles. The van der Waals surface area contributed by atoms with Gasteiger partial charge in [-0.1, -0.05) is 42.5 Å². The lowest BCUT2D eigenvalue weighted by molar-refractivity contribution is -0.113. The standard InChI is InChI=1S/C22H20N2O2S/c1-2-24-19-12-11-18(16-9-6-10-17(21(16)19)22(24)26)23-20(25)14-27-13-15-7-4-3-5-8-15/h3-12H,2,13-14H2,1H3,(H,23,25). The second-order valence-corrected chi connectivity index (χ2v) is 7.42. The molecule has 5 heteroatoms. The van der Waals surface area contributed by atoms with E-state index in [2.05, 4.69) is 17.4 Å². The number of amides is 2. The second-order valence-electron chi connectivity index (χ2n) is 6.44. The van der Waals surface area contributed by atoms with Crippen LogP contribution in [0.25, 0.3) is 10.8 Å². The lowest BCUT2D eigenvalue weighted by Crippen LogP contribution is -2.25. The molecule has 27 heavy (non-hydrogen) atoms. The molecule has 1 N–H and O–H groups in total. The van der Waals surface area contributed by atoms with Crippen molar-refractivity contribution < 1.29 is 9.59 Å². The average molecular weight is 376 g/mol. The van der Waals surface area contributed by atoms with Crippen molar-refractivity contribution in [2.24, 2.45) is 0 Å². The molecule has 1 heterocycles. The monoisotopic (exact) mass is 376 g/mol. The topological polar surface area (TPSA) is 49.4 Å². The molecule has 3 aromatic rings. The summed E-state index contributed by atoms with van der Waals surface area (Å²) in [4.78, 5) is 26.7. The van der Waals surface area contributed by atoms with Crippen LogP contribution < -0.4 is 10.2 Å². The third-order valence-electron chi connectivity index (χ3n) is 4.72. The van der Waals surface area contributed by atoms with Gasteiger partial charge in [-0.15, -0.1) is 11.8 Å². The predicted molar refractivity (Wildman–Crippen MR) is 113 cm³/mol. The Hall–Kier alpha value is -2.79. The van der Waals surface area contributed by atoms with Gasteiger partial charge in [-0.3, -0.25) is 9.59 Å². The van der Waals surface area contributed by atoms with Gasteiger partial charge in [0.15, 0.2) is 0 Å². The number of anilines is 2. The highest BCUT2D eigenvalue weighted by molar-refractivity contribution is 7.99. The molecular formula is C22H20N2O2S. The van der Waals surface area contributed by atoms with E-state index in [-0.39, 0.29) is 11.8 Å². The molecule has 0 atom stereocenters. The number of carbonyl (C=O) groups is 2. The van der Waals surface area contributed by atoms with E-state index in [0.717, 1.165) is 27.9 Å². The van der Waals surface area contributed by atoms with Crippen LogP contribution in [-0.2, 0) is 10.5 Å². The maximum Gasteiger partial charge on any atom is 0.258 e. The van der Waals surface area contributed by atoms with Crippen LogP contribution in [0.3, 0.4) is 0 Å². The van der Waals surface area contributed by atoms with Crippen LogP contribution in [0.15, 0.2) is 60.7 Å². The summed E-state index contributed by atoms with van der Waals surface area (Å²) in [5.41, 5.74) is 3.59. The predicted octanol–water partition coefficient (Wildman–Crippen LogP) is 4.69. The molecule has 0 saturated heterocycles. The molecule has 136 valence electrons.